The maximum atomic E-state index is 14.3. The summed E-state index contributed by atoms with van der Waals surface area (Å²) in [5.74, 6) is -1.68. The van der Waals surface area contributed by atoms with E-state index in [-0.39, 0.29) is 40.2 Å². The van der Waals surface area contributed by atoms with Crippen LogP contribution in [0.15, 0.2) is 132 Å². The monoisotopic (exact) mass is 667 g/mol. The molecule has 1 atom stereocenters. The van der Waals surface area contributed by atoms with Gasteiger partial charge in [-0.2, -0.15) is 0 Å². The molecule has 0 bridgehead atoms. The quantitative estimate of drug-likeness (QED) is 0.170. The van der Waals surface area contributed by atoms with Crippen LogP contribution in [0.25, 0.3) is 0 Å². The summed E-state index contributed by atoms with van der Waals surface area (Å²) in [7, 11) is -4.37. The third-order valence-electron chi connectivity index (χ3n) is 8.07. The van der Waals surface area contributed by atoms with Crippen LogP contribution in [0.1, 0.15) is 28.4 Å². The molecule has 0 saturated heterocycles. The topological polar surface area (TPSA) is 78.0 Å². The number of rotatable bonds is 8. The lowest BCUT2D eigenvalue weighted by atomic mass is 10.1. The zero-order valence-corrected chi connectivity index (χ0v) is 27.0. The molecule has 47 heavy (non-hydrogen) atoms. The molecule has 10 heteroatoms. The third-order valence-corrected chi connectivity index (χ3v) is 10.3. The minimum Gasteiger partial charge on any atom is -0.306 e. The van der Waals surface area contributed by atoms with Crippen molar-refractivity contribution < 1.29 is 22.4 Å². The fraction of sp³-hybridized carbons (Fsp3) is 0.135. The lowest BCUT2D eigenvalue weighted by Gasteiger charge is -2.27. The SMILES string of the molecule is CC1CN(C(=O)c2ccc(Cl)c(S(=O)(=O)N(Cc3ccccc3)c3ccc(F)cc3)c2)c2ccccc2N(Cc2ccccc2)C1=O. The van der Waals surface area contributed by atoms with E-state index in [1.54, 1.807) is 54.3 Å². The van der Waals surface area contributed by atoms with Gasteiger partial charge in [0.05, 0.1) is 41.1 Å². The van der Waals surface area contributed by atoms with Gasteiger partial charge in [-0.1, -0.05) is 91.3 Å². The Hall–Kier alpha value is -4.99. The van der Waals surface area contributed by atoms with E-state index < -0.39 is 27.7 Å². The van der Waals surface area contributed by atoms with Crippen LogP contribution in [-0.2, 0) is 27.9 Å². The van der Waals surface area contributed by atoms with Crippen molar-refractivity contribution in [2.75, 3.05) is 20.6 Å². The van der Waals surface area contributed by atoms with Crippen molar-refractivity contribution in [2.45, 2.75) is 24.9 Å². The number of halogens is 2. The molecule has 1 heterocycles. The second-order valence-corrected chi connectivity index (χ2v) is 13.6. The molecule has 0 aliphatic carbocycles. The minimum absolute atomic E-state index is 0.0559. The molecule has 5 aromatic rings. The first kappa shape index (κ1) is 32.0. The zero-order chi connectivity index (χ0) is 33.1. The number of nitrogens with zero attached hydrogens (tertiary/aromatic N) is 3. The molecule has 0 N–H and O–H groups in total. The first-order valence-corrected chi connectivity index (χ1v) is 16.8. The van der Waals surface area contributed by atoms with Gasteiger partial charge >= 0.3 is 0 Å². The van der Waals surface area contributed by atoms with Crippen LogP contribution in [0.2, 0.25) is 5.02 Å². The van der Waals surface area contributed by atoms with E-state index in [0.717, 1.165) is 9.87 Å². The number of hydrogen-bond donors (Lipinski definition) is 0. The summed E-state index contributed by atoms with van der Waals surface area (Å²) in [6, 6.07) is 35.0. The zero-order valence-electron chi connectivity index (χ0n) is 25.5. The van der Waals surface area contributed by atoms with Gasteiger partial charge in [-0.15, -0.1) is 0 Å². The fourth-order valence-corrected chi connectivity index (χ4v) is 7.61. The number of anilines is 3. The molecule has 0 spiro atoms. The average Bonchev–Trinajstić information content (AvgIpc) is 3.19. The summed E-state index contributed by atoms with van der Waals surface area (Å²) in [6.07, 6.45) is 0. The van der Waals surface area contributed by atoms with Gasteiger partial charge < -0.3 is 9.80 Å². The molecule has 238 valence electrons. The number of benzene rings is 5. The van der Waals surface area contributed by atoms with Gasteiger partial charge in [0.25, 0.3) is 15.9 Å². The Labute approximate surface area is 278 Å². The summed E-state index contributed by atoms with van der Waals surface area (Å²) >= 11 is 6.53. The maximum absolute atomic E-state index is 14.3. The second kappa shape index (κ2) is 13.4. The first-order valence-electron chi connectivity index (χ1n) is 15.0. The van der Waals surface area contributed by atoms with Gasteiger partial charge in [0.2, 0.25) is 5.91 Å². The Morgan fingerprint density at radius 2 is 1.43 bits per heavy atom. The van der Waals surface area contributed by atoms with Crippen molar-refractivity contribution in [3.05, 3.63) is 155 Å². The molecule has 1 aliphatic heterocycles. The van der Waals surface area contributed by atoms with Gasteiger partial charge in [0.1, 0.15) is 10.7 Å². The number of hydrogen-bond acceptors (Lipinski definition) is 4. The van der Waals surface area contributed by atoms with Gasteiger partial charge in [0.15, 0.2) is 0 Å². The van der Waals surface area contributed by atoms with Crippen molar-refractivity contribution in [1.82, 2.24) is 0 Å². The molecular formula is C37H31ClFN3O4S. The van der Waals surface area contributed by atoms with Gasteiger partial charge in [-0.05, 0) is 65.7 Å². The lowest BCUT2D eigenvalue weighted by Crippen LogP contribution is -2.38. The summed E-state index contributed by atoms with van der Waals surface area (Å²) in [6.45, 7) is 2.13. The number of amides is 2. The molecule has 0 fully saturated rings. The van der Waals surface area contributed by atoms with Crippen molar-refractivity contribution in [2.24, 2.45) is 5.92 Å². The van der Waals surface area contributed by atoms with E-state index in [9.17, 15) is 22.4 Å². The van der Waals surface area contributed by atoms with Crippen LogP contribution in [0.5, 0.6) is 0 Å². The highest BCUT2D eigenvalue weighted by Gasteiger charge is 2.35. The van der Waals surface area contributed by atoms with Crippen LogP contribution in [0.4, 0.5) is 21.5 Å². The maximum Gasteiger partial charge on any atom is 0.266 e. The van der Waals surface area contributed by atoms with E-state index in [1.807, 2.05) is 42.5 Å². The Bertz CT molecular complexity index is 2030. The molecule has 1 unspecified atom stereocenters. The van der Waals surface area contributed by atoms with Crippen LogP contribution in [-0.4, -0.2) is 26.8 Å². The van der Waals surface area contributed by atoms with Crippen molar-refractivity contribution in [3.63, 3.8) is 0 Å². The van der Waals surface area contributed by atoms with Crippen molar-refractivity contribution >= 4 is 50.5 Å². The predicted octanol–water partition coefficient (Wildman–Crippen LogP) is 7.70. The highest BCUT2D eigenvalue weighted by molar-refractivity contribution is 7.93. The smallest absolute Gasteiger partial charge is 0.266 e. The van der Waals surface area contributed by atoms with Crippen LogP contribution >= 0.6 is 11.6 Å². The highest BCUT2D eigenvalue weighted by atomic mass is 35.5. The fourth-order valence-electron chi connectivity index (χ4n) is 5.66. The van der Waals surface area contributed by atoms with E-state index in [1.165, 1.54) is 47.4 Å². The standard InChI is InChI=1S/C37H31ClFN3O4S/c1-26-23-40(33-14-8-9-15-34(33)41(36(26)43)24-27-10-4-2-5-11-27)37(44)29-16-21-32(38)35(22-29)47(45,46)42(25-28-12-6-3-7-13-28)31-19-17-30(39)18-20-31/h2-22,26H,23-25H2,1H3. The van der Waals surface area contributed by atoms with Gasteiger partial charge in [0, 0.05) is 12.1 Å². The lowest BCUT2D eigenvalue weighted by molar-refractivity contribution is -0.121. The molecule has 2 amide bonds. The first-order chi connectivity index (χ1) is 22.6. The minimum atomic E-state index is -4.37. The molecule has 0 aromatic heterocycles. The van der Waals surface area contributed by atoms with Crippen LogP contribution in [0, 0.1) is 11.7 Å². The Balaban J connectivity index is 1.39. The highest BCUT2D eigenvalue weighted by Crippen LogP contribution is 2.37. The molecular weight excluding hydrogens is 637 g/mol. The molecule has 1 aliphatic rings. The van der Waals surface area contributed by atoms with Gasteiger partial charge in [-0.3, -0.25) is 13.9 Å². The Morgan fingerprint density at radius 3 is 2.09 bits per heavy atom. The summed E-state index contributed by atoms with van der Waals surface area (Å²) in [5.41, 5.74) is 3.06. The van der Waals surface area contributed by atoms with Crippen molar-refractivity contribution in [3.8, 4) is 0 Å². The largest absolute Gasteiger partial charge is 0.306 e. The van der Waals surface area contributed by atoms with E-state index in [4.69, 9.17) is 11.6 Å². The van der Waals surface area contributed by atoms with Gasteiger partial charge in [-0.25, -0.2) is 12.8 Å². The van der Waals surface area contributed by atoms with E-state index in [2.05, 4.69) is 0 Å². The summed E-state index contributed by atoms with van der Waals surface area (Å²) in [5, 5.41) is -0.0735. The normalized spacial score (nSPS) is 14.8. The molecule has 0 saturated carbocycles. The number of carbonyl (C=O) groups is 2. The molecule has 6 rings (SSSR count). The summed E-state index contributed by atoms with van der Waals surface area (Å²) < 4.78 is 43.6. The third kappa shape index (κ3) is 6.63. The van der Waals surface area contributed by atoms with E-state index >= 15 is 0 Å². The summed E-state index contributed by atoms with van der Waals surface area (Å²) in [4.78, 5) is 30.9. The second-order valence-electron chi connectivity index (χ2n) is 11.3. The van der Waals surface area contributed by atoms with Crippen molar-refractivity contribution in [1.29, 1.82) is 0 Å². The van der Waals surface area contributed by atoms with Crippen LogP contribution < -0.4 is 14.1 Å². The molecule has 7 nitrogen and oxygen atoms in total. The van der Waals surface area contributed by atoms with E-state index in [0.29, 0.717) is 23.5 Å². The van der Waals surface area contributed by atoms with Crippen LogP contribution in [0.3, 0.4) is 0 Å². The molecule has 0 radical (unpaired) electrons. The predicted molar refractivity (Wildman–Crippen MR) is 183 cm³/mol. The number of fused-ring (bicyclic) bond motifs is 1. The molecule has 5 aromatic carbocycles. The number of sulfonamides is 1. The number of carbonyl (C=O) groups excluding carboxylic acids is 2. The number of para-hydroxylation sites is 2. The average molecular weight is 668 g/mol. The Kier molecular flexibility index (Phi) is 9.11. The Morgan fingerprint density at radius 1 is 0.830 bits per heavy atom.